The van der Waals surface area contributed by atoms with Gasteiger partial charge in [-0.1, -0.05) is 24.3 Å². The van der Waals surface area contributed by atoms with Crippen molar-refractivity contribution >= 4 is 48.1 Å². The van der Waals surface area contributed by atoms with Gasteiger partial charge < -0.3 is 15.2 Å². The summed E-state index contributed by atoms with van der Waals surface area (Å²) in [4.78, 5) is 11.6. The lowest BCUT2D eigenvalue weighted by Crippen LogP contribution is -2.17. The predicted molar refractivity (Wildman–Crippen MR) is 149 cm³/mol. The van der Waals surface area contributed by atoms with Crippen LogP contribution in [0.25, 0.3) is 10.8 Å². The second-order valence-corrected chi connectivity index (χ2v) is 11.9. The number of carbonyl (C=O) groups excluding carboxylic acids is 1. The Balaban J connectivity index is 1.82. The molecule has 0 atom stereocenters. The molecule has 12 heteroatoms. The number of rotatable bonds is 11. The summed E-state index contributed by atoms with van der Waals surface area (Å²) in [5.41, 5.74) is 6.20. The molecule has 0 radical (unpaired) electrons. The van der Waals surface area contributed by atoms with Crippen molar-refractivity contribution in [2.75, 3.05) is 23.7 Å². The lowest BCUT2D eigenvalue weighted by molar-refractivity contribution is -0.117. The lowest BCUT2D eigenvalue weighted by Gasteiger charge is -2.19. The maximum Gasteiger partial charge on any atom is 0.261 e. The molecule has 0 heterocycles. The number of ether oxygens (including phenoxy) is 2. The molecule has 0 spiro atoms. The Morgan fingerprint density at radius 2 is 1.23 bits per heavy atom. The third-order valence-electron chi connectivity index (χ3n) is 5.99. The van der Waals surface area contributed by atoms with Crippen molar-refractivity contribution in [3.05, 3.63) is 84.4 Å². The highest BCUT2D eigenvalue weighted by molar-refractivity contribution is 7.93. The van der Waals surface area contributed by atoms with Gasteiger partial charge in [-0.3, -0.25) is 14.2 Å². The Bertz CT molecular complexity index is 1720. The van der Waals surface area contributed by atoms with Crippen molar-refractivity contribution in [1.29, 1.82) is 0 Å². The molecule has 0 aromatic heterocycles. The Labute approximate surface area is 226 Å². The number of amides is 1. The van der Waals surface area contributed by atoms with E-state index in [2.05, 4.69) is 9.44 Å². The van der Waals surface area contributed by atoms with Crippen molar-refractivity contribution in [2.45, 2.75) is 22.6 Å². The van der Waals surface area contributed by atoms with Crippen LogP contribution in [0, 0.1) is 0 Å². The number of nitrogens with one attached hydrogen (secondary N) is 2. The molecule has 4 rings (SSSR count). The molecule has 0 aliphatic rings. The first-order valence-electron chi connectivity index (χ1n) is 11.7. The van der Waals surface area contributed by atoms with Gasteiger partial charge in [-0.2, -0.15) is 0 Å². The van der Waals surface area contributed by atoms with Crippen molar-refractivity contribution < 1.29 is 31.1 Å². The first kappa shape index (κ1) is 27.7. The van der Waals surface area contributed by atoms with Gasteiger partial charge in [0.1, 0.15) is 11.5 Å². The summed E-state index contributed by atoms with van der Waals surface area (Å²) >= 11 is 0. The zero-order valence-electron chi connectivity index (χ0n) is 21.2. The summed E-state index contributed by atoms with van der Waals surface area (Å²) in [7, 11) is -5.13. The molecule has 0 bridgehead atoms. The quantitative estimate of drug-likeness (QED) is 0.248. The van der Waals surface area contributed by atoms with Gasteiger partial charge in [0, 0.05) is 17.2 Å². The zero-order valence-corrected chi connectivity index (χ0v) is 22.8. The highest BCUT2D eigenvalue weighted by Crippen LogP contribution is 2.37. The number of hydrogen-bond acceptors (Lipinski definition) is 7. The van der Waals surface area contributed by atoms with Crippen LogP contribution < -0.4 is 24.7 Å². The van der Waals surface area contributed by atoms with Gasteiger partial charge in [0.25, 0.3) is 20.0 Å². The Kier molecular flexibility index (Phi) is 7.98. The molecule has 0 aliphatic heterocycles. The van der Waals surface area contributed by atoms with Crippen LogP contribution in [0.5, 0.6) is 11.5 Å². The van der Waals surface area contributed by atoms with E-state index in [-0.39, 0.29) is 34.0 Å². The van der Waals surface area contributed by atoms with Crippen molar-refractivity contribution in [3.63, 3.8) is 0 Å². The number of benzene rings is 4. The molecule has 0 unspecified atom stereocenters. The fraction of sp³-hybridized carbons (Fsp3) is 0.148. The minimum absolute atomic E-state index is 0.00230. The highest BCUT2D eigenvalue weighted by atomic mass is 32.2. The van der Waals surface area contributed by atoms with Crippen LogP contribution in [0.1, 0.15) is 12.0 Å². The van der Waals surface area contributed by atoms with Crippen LogP contribution in [0.15, 0.2) is 88.7 Å². The summed E-state index contributed by atoms with van der Waals surface area (Å²) in [6.45, 7) is 0. The molecule has 1 amide bonds. The molecule has 204 valence electrons. The molecular weight excluding hydrogens is 542 g/mol. The van der Waals surface area contributed by atoms with Crippen LogP contribution in [0.2, 0.25) is 0 Å². The zero-order chi connectivity index (χ0) is 28.2. The Hall–Kier alpha value is -4.29. The summed E-state index contributed by atoms with van der Waals surface area (Å²) < 4.78 is 68.5. The molecule has 4 aromatic rings. The van der Waals surface area contributed by atoms with Gasteiger partial charge in [0.2, 0.25) is 5.91 Å². The minimum Gasteiger partial charge on any atom is -0.497 e. The van der Waals surface area contributed by atoms with E-state index in [1.165, 1.54) is 68.8 Å². The second kappa shape index (κ2) is 11.2. The number of sulfonamides is 2. The topological polar surface area (TPSA) is 154 Å². The average Bonchev–Trinajstić information content (AvgIpc) is 2.93. The van der Waals surface area contributed by atoms with Crippen molar-refractivity contribution in [3.8, 4) is 11.5 Å². The summed E-state index contributed by atoms with van der Waals surface area (Å²) in [5, 5.41) is 0.883. The fourth-order valence-electron chi connectivity index (χ4n) is 4.00. The van der Waals surface area contributed by atoms with Crippen molar-refractivity contribution in [1.82, 2.24) is 0 Å². The summed E-state index contributed by atoms with van der Waals surface area (Å²) in [6, 6.07) is 20.0. The second-order valence-electron chi connectivity index (χ2n) is 8.53. The van der Waals surface area contributed by atoms with Crippen LogP contribution >= 0.6 is 0 Å². The fourth-order valence-corrected chi connectivity index (χ4v) is 6.19. The van der Waals surface area contributed by atoms with E-state index in [0.29, 0.717) is 27.8 Å². The lowest BCUT2D eigenvalue weighted by atomic mass is 9.99. The minimum atomic E-state index is -4.06. The van der Waals surface area contributed by atoms with Crippen LogP contribution in [0.3, 0.4) is 0 Å². The first-order valence-corrected chi connectivity index (χ1v) is 14.7. The molecule has 4 N–H and O–H groups in total. The third-order valence-corrected chi connectivity index (χ3v) is 8.73. The molecule has 0 saturated carbocycles. The van der Waals surface area contributed by atoms with E-state index in [1.54, 1.807) is 24.3 Å². The van der Waals surface area contributed by atoms with Gasteiger partial charge in [-0.25, -0.2) is 16.8 Å². The maximum atomic E-state index is 13.3. The monoisotopic (exact) mass is 569 g/mol. The van der Waals surface area contributed by atoms with E-state index in [9.17, 15) is 21.6 Å². The number of anilines is 2. The molecule has 4 aromatic carbocycles. The number of carbonyl (C=O) groups is 1. The Morgan fingerprint density at radius 3 is 1.72 bits per heavy atom. The predicted octanol–water partition coefficient (Wildman–Crippen LogP) is 3.88. The van der Waals surface area contributed by atoms with Gasteiger partial charge >= 0.3 is 0 Å². The van der Waals surface area contributed by atoms with Crippen LogP contribution in [-0.2, 0) is 31.3 Å². The normalized spacial score (nSPS) is 11.6. The highest BCUT2D eigenvalue weighted by Gasteiger charge is 2.22. The van der Waals surface area contributed by atoms with Gasteiger partial charge in [-0.15, -0.1) is 0 Å². The van der Waals surface area contributed by atoms with Gasteiger partial charge in [-0.05, 0) is 66.6 Å². The van der Waals surface area contributed by atoms with Crippen LogP contribution in [0.4, 0.5) is 11.4 Å². The number of nitrogens with two attached hydrogens (primary N) is 1. The first-order chi connectivity index (χ1) is 18.5. The number of aryl methyl sites for hydroxylation is 1. The van der Waals surface area contributed by atoms with Gasteiger partial charge in [0.15, 0.2) is 0 Å². The standard InChI is InChI=1S/C27H27N3O7S2/c1-36-19-8-12-21(13-9-19)38(32,33)29-25-17-18(7-16-26(28)31)27(24-6-4-3-5-23(24)25)30-39(34,35)22-14-10-20(37-2)11-15-22/h3-6,8-15,17,29-30H,7,16H2,1-2H3,(H2,28,31). The van der Waals surface area contributed by atoms with E-state index >= 15 is 0 Å². The van der Waals surface area contributed by atoms with Gasteiger partial charge in [0.05, 0.1) is 35.4 Å². The SMILES string of the molecule is COc1ccc(S(=O)(=O)Nc2cc(CCC(N)=O)c(NS(=O)(=O)c3ccc(OC)cc3)c3ccccc23)cc1. The largest absolute Gasteiger partial charge is 0.497 e. The van der Waals surface area contributed by atoms with Crippen LogP contribution in [-0.4, -0.2) is 37.0 Å². The Morgan fingerprint density at radius 1 is 0.744 bits per heavy atom. The maximum absolute atomic E-state index is 13.3. The molecular formula is C27H27N3O7S2. The number of fused-ring (bicyclic) bond motifs is 1. The molecule has 0 saturated heterocycles. The van der Waals surface area contributed by atoms with E-state index in [4.69, 9.17) is 15.2 Å². The van der Waals surface area contributed by atoms with Crippen molar-refractivity contribution in [2.24, 2.45) is 5.73 Å². The van der Waals surface area contributed by atoms with E-state index in [1.807, 2.05) is 0 Å². The molecule has 0 aliphatic carbocycles. The number of primary amides is 1. The number of methoxy groups -OCH3 is 2. The van der Waals surface area contributed by atoms with E-state index in [0.717, 1.165) is 0 Å². The number of hydrogen-bond donors (Lipinski definition) is 3. The average molecular weight is 570 g/mol. The molecule has 39 heavy (non-hydrogen) atoms. The van der Waals surface area contributed by atoms with E-state index < -0.39 is 26.0 Å². The molecule has 0 fully saturated rings. The smallest absolute Gasteiger partial charge is 0.261 e. The third kappa shape index (κ3) is 6.24. The summed E-state index contributed by atoms with van der Waals surface area (Å²) in [5.74, 6) is 0.407. The molecule has 10 nitrogen and oxygen atoms in total. The summed E-state index contributed by atoms with van der Waals surface area (Å²) in [6.07, 6.45) is -0.0157.